The summed E-state index contributed by atoms with van der Waals surface area (Å²) in [6, 6.07) is 6.55. The van der Waals surface area contributed by atoms with E-state index in [1.807, 2.05) is 0 Å². The van der Waals surface area contributed by atoms with Crippen molar-refractivity contribution in [3.8, 4) is 0 Å². The van der Waals surface area contributed by atoms with Gasteiger partial charge in [-0.15, -0.1) is 0 Å². The second-order valence-corrected chi connectivity index (χ2v) is 10.6. The first-order chi connectivity index (χ1) is 17.8. The fourth-order valence-electron chi connectivity index (χ4n) is 4.53. The minimum absolute atomic E-state index is 0.0300. The van der Waals surface area contributed by atoms with Crippen LogP contribution in [0.25, 0.3) is 0 Å². The van der Waals surface area contributed by atoms with E-state index in [4.69, 9.17) is 4.74 Å². The van der Waals surface area contributed by atoms with E-state index < -0.39 is 65.3 Å². The molecule has 3 rings (SSSR count). The van der Waals surface area contributed by atoms with Crippen molar-refractivity contribution in [3.63, 3.8) is 0 Å². The van der Waals surface area contributed by atoms with Gasteiger partial charge >= 0.3 is 18.4 Å². The Morgan fingerprint density at radius 2 is 1.49 bits per heavy atom. The molecular weight excluding hydrogens is 533 g/mol. The summed E-state index contributed by atoms with van der Waals surface area (Å²) in [5.74, 6) is -2.43. The summed E-state index contributed by atoms with van der Waals surface area (Å²) in [6.07, 6.45) is -10.5. The molecule has 0 bridgehead atoms. The van der Waals surface area contributed by atoms with E-state index in [1.54, 1.807) is 20.8 Å². The van der Waals surface area contributed by atoms with Gasteiger partial charge in [0.1, 0.15) is 11.4 Å². The van der Waals surface area contributed by atoms with Gasteiger partial charge in [-0.2, -0.15) is 26.3 Å². The lowest BCUT2D eigenvalue weighted by Gasteiger charge is -2.40. The molecule has 1 heterocycles. The van der Waals surface area contributed by atoms with Crippen molar-refractivity contribution in [1.82, 2.24) is 9.80 Å². The summed E-state index contributed by atoms with van der Waals surface area (Å²) < 4.78 is 98.7. The molecule has 214 valence electrons. The van der Waals surface area contributed by atoms with E-state index in [9.17, 15) is 40.3 Å². The number of nitrogens with zero attached hydrogens (tertiary/aromatic N) is 2. The molecule has 5 nitrogen and oxygen atoms in total. The molecule has 0 unspecified atom stereocenters. The van der Waals surface area contributed by atoms with Gasteiger partial charge in [0.15, 0.2) is 0 Å². The maximum Gasteiger partial charge on any atom is 0.416 e. The van der Waals surface area contributed by atoms with Crippen LogP contribution in [0.15, 0.2) is 42.5 Å². The van der Waals surface area contributed by atoms with E-state index >= 15 is 0 Å². The minimum atomic E-state index is -5.01. The molecule has 2 aromatic carbocycles. The van der Waals surface area contributed by atoms with Crippen LogP contribution in [0.3, 0.4) is 0 Å². The molecule has 12 heteroatoms. The monoisotopic (exact) mass is 562 g/mol. The average molecular weight is 563 g/mol. The van der Waals surface area contributed by atoms with Crippen LogP contribution < -0.4 is 0 Å². The highest BCUT2D eigenvalue weighted by Crippen LogP contribution is 2.38. The molecule has 0 spiro atoms. The van der Waals surface area contributed by atoms with Gasteiger partial charge in [-0.25, -0.2) is 9.18 Å². The number of amides is 2. The zero-order chi connectivity index (χ0) is 29.3. The van der Waals surface area contributed by atoms with Crippen molar-refractivity contribution < 1.29 is 45.1 Å². The summed E-state index contributed by atoms with van der Waals surface area (Å²) >= 11 is 0. The van der Waals surface area contributed by atoms with Crippen LogP contribution in [0.4, 0.5) is 35.5 Å². The van der Waals surface area contributed by atoms with Gasteiger partial charge in [-0.1, -0.05) is 12.1 Å². The largest absolute Gasteiger partial charge is 0.444 e. The third-order valence-corrected chi connectivity index (χ3v) is 6.32. The standard InChI is InChI=1S/C27H29F7N2O3/c1-25(2,3)39-24(38)36-10-9-21(22(15-36)17-5-7-20(28)8-6-17)23(37)35(4)14-16-11-18(26(29,30)31)13-19(12-16)27(32,33)34/h5-8,11-13,21-22H,9-10,14-15H2,1-4H3/t21-,22+/m1/s1. The number of alkyl halides is 6. The molecule has 2 amide bonds. The van der Waals surface area contributed by atoms with Gasteiger partial charge in [-0.3, -0.25) is 4.79 Å². The average Bonchev–Trinajstić information content (AvgIpc) is 2.81. The number of carbonyl (C=O) groups is 2. The van der Waals surface area contributed by atoms with E-state index in [1.165, 1.54) is 36.2 Å². The number of piperidine rings is 1. The number of hydrogen-bond acceptors (Lipinski definition) is 3. The minimum Gasteiger partial charge on any atom is -0.444 e. The molecule has 0 aliphatic carbocycles. The quantitative estimate of drug-likeness (QED) is 0.383. The second kappa shape index (κ2) is 11.1. The fraction of sp³-hybridized carbons (Fsp3) is 0.481. The third-order valence-electron chi connectivity index (χ3n) is 6.32. The molecule has 2 aromatic rings. The lowest BCUT2D eigenvalue weighted by molar-refractivity contribution is -0.143. The Kier molecular flexibility index (Phi) is 8.57. The van der Waals surface area contributed by atoms with Crippen LogP contribution in [-0.2, 0) is 28.4 Å². The van der Waals surface area contributed by atoms with Crippen LogP contribution in [0.5, 0.6) is 0 Å². The second-order valence-electron chi connectivity index (χ2n) is 10.6. The Bertz CT molecular complexity index is 1160. The van der Waals surface area contributed by atoms with E-state index in [2.05, 4.69) is 0 Å². The molecule has 1 saturated heterocycles. The molecule has 1 fully saturated rings. The van der Waals surface area contributed by atoms with Crippen LogP contribution in [-0.4, -0.2) is 47.5 Å². The first-order valence-electron chi connectivity index (χ1n) is 12.1. The van der Waals surface area contributed by atoms with Gasteiger partial charge < -0.3 is 14.5 Å². The summed E-state index contributed by atoms with van der Waals surface area (Å²) in [5.41, 5.74) is -3.49. The van der Waals surface area contributed by atoms with Crippen molar-refractivity contribution in [2.75, 3.05) is 20.1 Å². The van der Waals surface area contributed by atoms with Crippen LogP contribution in [0.1, 0.15) is 55.4 Å². The molecule has 0 aromatic heterocycles. The highest BCUT2D eigenvalue weighted by Gasteiger charge is 2.40. The molecule has 2 atom stereocenters. The van der Waals surface area contributed by atoms with Crippen molar-refractivity contribution in [3.05, 3.63) is 70.5 Å². The van der Waals surface area contributed by atoms with Crippen LogP contribution in [0, 0.1) is 11.7 Å². The first-order valence-corrected chi connectivity index (χ1v) is 12.1. The normalized spacial score (nSPS) is 18.6. The maximum atomic E-state index is 13.6. The Morgan fingerprint density at radius 3 is 1.97 bits per heavy atom. The zero-order valence-electron chi connectivity index (χ0n) is 21.8. The van der Waals surface area contributed by atoms with Crippen LogP contribution in [0.2, 0.25) is 0 Å². The summed E-state index contributed by atoms with van der Waals surface area (Å²) in [6.45, 7) is 4.78. The molecule has 39 heavy (non-hydrogen) atoms. The Morgan fingerprint density at radius 1 is 0.949 bits per heavy atom. The topological polar surface area (TPSA) is 49.9 Å². The number of hydrogen-bond donors (Lipinski definition) is 0. The summed E-state index contributed by atoms with van der Waals surface area (Å²) in [7, 11) is 1.29. The van der Waals surface area contributed by atoms with E-state index in [-0.39, 0.29) is 31.1 Å². The number of ether oxygens (including phenoxy) is 1. The Balaban J connectivity index is 1.88. The van der Waals surface area contributed by atoms with Crippen molar-refractivity contribution in [1.29, 1.82) is 0 Å². The predicted octanol–water partition coefficient (Wildman–Crippen LogP) is 6.86. The van der Waals surface area contributed by atoms with Crippen molar-refractivity contribution >= 4 is 12.0 Å². The fourth-order valence-corrected chi connectivity index (χ4v) is 4.53. The summed E-state index contributed by atoms with van der Waals surface area (Å²) in [5, 5.41) is 0. The summed E-state index contributed by atoms with van der Waals surface area (Å²) in [4.78, 5) is 28.7. The maximum absolute atomic E-state index is 13.6. The zero-order valence-corrected chi connectivity index (χ0v) is 21.8. The smallest absolute Gasteiger partial charge is 0.416 e. The van der Waals surface area contributed by atoms with Gasteiger partial charge in [0.2, 0.25) is 5.91 Å². The Labute approximate surface area is 221 Å². The van der Waals surface area contributed by atoms with Gasteiger partial charge in [0.25, 0.3) is 0 Å². The van der Waals surface area contributed by atoms with Crippen LogP contribution >= 0.6 is 0 Å². The number of likely N-dealkylation sites (tertiary alicyclic amines) is 1. The molecular formula is C27H29F7N2O3. The number of benzene rings is 2. The Hall–Kier alpha value is -3.31. The number of halogens is 7. The molecule has 1 aliphatic rings. The SMILES string of the molecule is CN(Cc1cc(C(F)(F)F)cc(C(F)(F)F)c1)C(=O)[C@@H]1CCN(C(=O)OC(C)(C)C)C[C@H]1c1ccc(F)cc1. The van der Waals surface area contributed by atoms with Crippen molar-refractivity contribution in [2.45, 2.75) is 57.6 Å². The molecule has 0 radical (unpaired) electrons. The molecule has 1 aliphatic heterocycles. The lowest BCUT2D eigenvalue weighted by Crippen LogP contribution is -2.48. The number of rotatable bonds is 4. The van der Waals surface area contributed by atoms with Crippen molar-refractivity contribution in [2.24, 2.45) is 5.92 Å². The van der Waals surface area contributed by atoms with Gasteiger partial charge in [0.05, 0.1) is 11.1 Å². The van der Waals surface area contributed by atoms with E-state index in [0.717, 1.165) is 4.90 Å². The molecule has 0 saturated carbocycles. The predicted molar refractivity (Wildman–Crippen MR) is 128 cm³/mol. The van der Waals surface area contributed by atoms with Gasteiger partial charge in [0, 0.05) is 38.5 Å². The number of carbonyl (C=O) groups excluding carboxylic acids is 2. The third kappa shape index (κ3) is 7.86. The van der Waals surface area contributed by atoms with E-state index in [0.29, 0.717) is 17.7 Å². The van der Waals surface area contributed by atoms with Gasteiger partial charge in [-0.05, 0) is 68.7 Å². The first kappa shape index (κ1) is 30.2. The lowest BCUT2D eigenvalue weighted by atomic mass is 9.80. The molecule has 0 N–H and O–H groups in total. The highest BCUT2D eigenvalue weighted by molar-refractivity contribution is 5.80. The highest BCUT2D eigenvalue weighted by atomic mass is 19.4.